The van der Waals surface area contributed by atoms with Crippen LogP contribution in [0.1, 0.15) is 29.6 Å². The number of carbonyl (C=O) groups excluding carboxylic acids is 1. The summed E-state index contributed by atoms with van der Waals surface area (Å²) in [7, 11) is 0. The van der Waals surface area contributed by atoms with Crippen molar-refractivity contribution in [2.45, 2.75) is 31.9 Å². The van der Waals surface area contributed by atoms with Crippen molar-refractivity contribution < 1.29 is 9.53 Å². The summed E-state index contributed by atoms with van der Waals surface area (Å²) in [6, 6.07) is 5.32. The maximum atomic E-state index is 11.1. The third-order valence-electron chi connectivity index (χ3n) is 3.50. The van der Waals surface area contributed by atoms with Gasteiger partial charge in [-0.1, -0.05) is 0 Å². The Kier molecular flexibility index (Phi) is 3.21. The zero-order valence-electron chi connectivity index (χ0n) is 10.7. The van der Waals surface area contributed by atoms with E-state index in [4.69, 9.17) is 10.5 Å². The van der Waals surface area contributed by atoms with Crippen molar-refractivity contribution in [1.29, 1.82) is 0 Å². The van der Waals surface area contributed by atoms with Gasteiger partial charge in [-0.05, 0) is 37.5 Å². The number of ether oxygens (including phenoxy) is 1. The van der Waals surface area contributed by atoms with Gasteiger partial charge in [-0.25, -0.2) is 0 Å². The fourth-order valence-electron chi connectivity index (χ4n) is 2.48. The van der Waals surface area contributed by atoms with E-state index in [9.17, 15) is 4.79 Å². The number of nitrogens with zero attached hydrogens (tertiary/aromatic N) is 2. The zero-order chi connectivity index (χ0) is 13.2. The van der Waals surface area contributed by atoms with Crippen LogP contribution in [-0.4, -0.2) is 28.4 Å². The Bertz CT molecular complexity index is 600. The fraction of sp³-hybridized carbons (Fsp3) is 0.429. The van der Waals surface area contributed by atoms with Crippen LogP contribution < -0.4 is 5.73 Å². The number of benzene rings is 1. The summed E-state index contributed by atoms with van der Waals surface area (Å²) >= 11 is 0. The average Bonchev–Trinajstić information content (AvgIpc) is 2.80. The van der Waals surface area contributed by atoms with Crippen molar-refractivity contribution >= 4 is 16.8 Å². The molecule has 1 amide bonds. The molecule has 0 spiro atoms. The summed E-state index contributed by atoms with van der Waals surface area (Å²) < 4.78 is 7.60. The van der Waals surface area contributed by atoms with E-state index in [0.717, 1.165) is 36.9 Å². The molecule has 1 atom stereocenters. The molecule has 1 saturated heterocycles. The molecular weight excluding hydrogens is 242 g/mol. The Labute approximate surface area is 111 Å². The van der Waals surface area contributed by atoms with E-state index in [1.54, 1.807) is 12.1 Å². The number of carbonyl (C=O) groups is 1. The quantitative estimate of drug-likeness (QED) is 0.912. The van der Waals surface area contributed by atoms with E-state index >= 15 is 0 Å². The molecular formula is C14H17N3O2. The Hall–Kier alpha value is -1.88. The van der Waals surface area contributed by atoms with E-state index in [2.05, 4.69) is 5.10 Å². The van der Waals surface area contributed by atoms with Crippen LogP contribution in [0.25, 0.3) is 10.9 Å². The second-order valence-corrected chi connectivity index (χ2v) is 4.98. The second kappa shape index (κ2) is 5.01. The SMILES string of the molecule is NC(=O)c1ccc2nn(CC3CCCCO3)cc2c1. The van der Waals surface area contributed by atoms with Gasteiger partial charge in [-0.2, -0.15) is 5.10 Å². The topological polar surface area (TPSA) is 70.1 Å². The molecule has 3 rings (SSSR count). The highest BCUT2D eigenvalue weighted by Crippen LogP contribution is 2.18. The van der Waals surface area contributed by atoms with Gasteiger partial charge >= 0.3 is 0 Å². The van der Waals surface area contributed by atoms with Crippen LogP contribution in [0.5, 0.6) is 0 Å². The van der Waals surface area contributed by atoms with Crippen molar-refractivity contribution in [2.24, 2.45) is 5.73 Å². The molecule has 1 aromatic heterocycles. The van der Waals surface area contributed by atoms with Crippen molar-refractivity contribution in [2.75, 3.05) is 6.61 Å². The van der Waals surface area contributed by atoms with Gasteiger partial charge in [0.15, 0.2) is 0 Å². The van der Waals surface area contributed by atoms with Crippen molar-refractivity contribution in [3.05, 3.63) is 30.0 Å². The lowest BCUT2D eigenvalue weighted by Gasteiger charge is -2.22. The van der Waals surface area contributed by atoms with Crippen LogP contribution in [0.2, 0.25) is 0 Å². The lowest BCUT2D eigenvalue weighted by molar-refractivity contribution is 0.00411. The molecule has 5 nitrogen and oxygen atoms in total. The minimum absolute atomic E-state index is 0.249. The maximum Gasteiger partial charge on any atom is 0.248 e. The van der Waals surface area contributed by atoms with Crippen molar-refractivity contribution in [3.63, 3.8) is 0 Å². The molecule has 5 heteroatoms. The normalized spacial score (nSPS) is 19.7. The number of hydrogen-bond acceptors (Lipinski definition) is 3. The second-order valence-electron chi connectivity index (χ2n) is 4.98. The predicted octanol–water partition coefficient (Wildman–Crippen LogP) is 1.70. The highest BCUT2D eigenvalue weighted by Gasteiger charge is 2.15. The first-order valence-corrected chi connectivity index (χ1v) is 6.61. The zero-order valence-corrected chi connectivity index (χ0v) is 10.7. The molecule has 2 heterocycles. The van der Waals surface area contributed by atoms with Crippen LogP contribution in [0.15, 0.2) is 24.4 Å². The molecule has 19 heavy (non-hydrogen) atoms. The smallest absolute Gasteiger partial charge is 0.248 e. The first kappa shape index (κ1) is 12.2. The summed E-state index contributed by atoms with van der Waals surface area (Å²) in [5.41, 5.74) is 6.67. The standard InChI is InChI=1S/C14H17N3O2/c15-14(18)10-4-5-13-11(7-10)8-17(16-13)9-12-3-1-2-6-19-12/h4-5,7-8,12H,1-3,6,9H2,(H2,15,18). The number of rotatable bonds is 3. The molecule has 100 valence electrons. The molecule has 0 aliphatic carbocycles. The third-order valence-corrected chi connectivity index (χ3v) is 3.50. The number of primary amides is 1. The van der Waals surface area contributed by atoms with Gasteiger partial charge in [-0.3, -0.25) is 9.48 Å². The Morgan fingerprint density at radius 3 is 3.11 bits per heavy atom. The first-order valence-electron chi connectivity index (χ1n) is 6.61. The molecule has 1 aliphatic heterocycles. The number of fused-ring (bicyclic) bond motifs is 1. The largest absolute Gasteiger partial charge is 0.376 e. The number of aromatic nitrogens is 2. The van der Waals surface area contributed by atoms with Gasteiger partial charge in [0.1, 0.15) is 0 Å². The van der Waals surface area contributed by atoms with Gasteiger partial charge in [0.25, 0.3) is 0 Å². The van der Waals surface area contributed by atoms with E-state index in [-0.39, 0.29) is 6.10 Å². The summed E-state index contributed by atoms with van der Waals surface area (Å²) in [5.74, 6) is -0.412. The summed E-state index contributed by atoms with van der Waals surface area (Å²) in [4.78, 5) is 11.1. The minimum atomic E-state index is -0.412. The monoisotopic (exact) mass is 259 g/mol. The van der Waals surface area contributed by atoms with E-state index in [0.29, 0.717) is 5.56 Å². The molecule has 1 aliphatic rings. The molecule has 2 aromatic rings. The lowest BCUT2D eigenvalue weighted by Crippen LogP contribution is -2.24. The minimum Gasteiger partial charge on any atom is -0.376 e. The Morgan fingerprint density at radius 1 is 1.47 bits per heavy atom. The van der Waals surface area contributed by atoms with Gasteiger partial charge < -0.3 is 10.5 Å². The highest BCUT2D eigenvalue weighted by molar-refractivity contribution is 5.96. The van der Waals surface area contributed by atoms with Crippen LogP contribution in [0, 0.1) is 0 Å². The summed E-state index contributed by atoms with van der Waals surface area (Å²) in [6.45, 7) is 1.61. The van der Waals surface area contributed by atoms with Gasteiger partial charge in [0.2, 0.25) is 5.91 Å². The molecule has 0 saturated carbocycles. The first-order chi connectivity index (χ1) is 9.22. The summed E-state index contributed by atoms with van der Waals surface area (Å²) in [5, 5.41) is 5.43. The van der Waals surface area contributed by atoms with Crippen LogP contribution in [0.4, 0.5) is 0 Å². The molecule has 1 fully saturated rings. The average molecular weight is 259 g/mol. The molecule has 2 N–H and O–H groups in total. The molecule has 1 aromatic carbocycles. The molecule has 0 bridgehead atoms. The summed E-state index contributed by atoms with van der Waals surface area (Å²) in [6.07, 6.45) is 5.65. The Morgan fingerprint density at radius 2 is 2.37 bits per heavy atom. The van der Waals surface area contributed by atoms with E-state index in [1.165, 1.54) is 6.42 Å². The van der Waals surface area contributed by atoms with E-state index < -0.39 is 5.91 Å². The van der Waals surface area contributed by atoms with Gasteiger partial charge in [0, 0.05) is 23.8 Å². The van der Waals surface area contributed by atoms with Crippen molar-refractivity contribution in [1.82, 2.24) is 9.78 Å². The van der Waals surface area contributed by atoms with Gasteiger partial charge in [0.05, 0.1) is 18.2 Å². The Balaban J connectivity index is 1.82. The number of amides is 1. The highest BCUT2D eigenvalue weighted by atomic mass is 16.5. The van der Waals surface area contributed by atoms with Crippen LogP contribution in [0.3, 0.4) is 0 Å². The van der Waals surface area contributed by atoms with E-state index in [1.807, 2.05) is 16.9 Å². The fourth-order valence-corrected chi connectivity index (χ4v) is 2.48. The van der Waals surface area contributed by atoms with Gasteiger partial charge in [-0.15, -0.1) is 0 Å². The predicted molar refractivity (Wildman–Crippen MR) is 71.8 cm³/mol. The van der Waals surface area contributed by atoms with Crippen molar-refractivity contribution in [3.8, 4) is 0 Å². The third kappa shape index (κ3) is 2.61. The van der Waals surface area contributed by atoms with Crippen LogP contribution in [-0.2, 0) is 11.3 Å². The molecule has 1 unspecified atom stereocenters. The maximum absolute atomic E-state index is 11.1. The molecule has 0 radical (unpaired) electrons. The van der Waals surface area contributed by atoms with Crippen LogP contribution >= 0.6 is 0 Å². The number of hydrogen-bond donors (Lipinski definition) is 1. The number of nitrogens with two attached hydrogens (primary N) is 1. The lowest BCUT2D eigenvalue weighted by atomic mass is 10.1.